The predicted octanol–water partition coefficient (Wildman–Crippen LogP) is 1.78. The van der Waals surface area contributed by atoms with Crippen molar-refractivity contribution in [3.63, 3.8) is 0 Å². The summed E-state index contributed by atoms with van der Waals surface area (Å²) in [6.45, 7) is 3.66. The van der Waals surface area contributed by atoms with E-state index in [1.54, 1.807) is 38.1 Å². The van der Waals surface area contributed by atoms with Gasteiger partial charge in [-0.25, -0.2) is 13.1 Å². The monoisotopic (exact) mass is 305 g/mol. The van der Waals surface area contributed by atoms with Gasteiger partial charge < -0.3 is 4.52 Å². The molecule has 2 aromatic rings. The lowest BCUT2D eigenvalue weighted by Gasteiger charge is -2.06. The number of nitrogens with zero attached hydrogens (tertiary/aromatic N) is 2. The summed E-state index contributed by atoms with van der Waals surface area (Å²) in [5, 5.41) is 12.5. The van der Waals surface area contributed by atoms with Gasteiger partial charge in [0.1, 0.15) is 5.76 Å². The van der Waals surface area contributed by atoms with Gasteiger partial charge in [-0.2, -0.15) is 5.26 Å². The van der Waals surface area contributed by atoms with Crippen LogP contribution in [0.15, 0.2) is 28.8 Å². The summed E-state index contributed by atoms with van der Waals surface area (Å²) < 4.78 is 31.6. The Balaban J connectivity index is 2.03. The Kier molecular flexibility index (Phi) is 4.40. The van der Waals surface area contributed by atoms with E-state index in [4.69, 9.17) is 9.78 Å². The average molecular weight is 305 g/mol. The number of hydrogen-bond acceptors (Lipinski definition) is 5. The van der Waals surface area contributed by atoms with Gasteiger partial charge in [-0.05, 0) is 31.5 Å². The lowest BCUT2D eigenvalue weighted by Crippen LogP contribution is -2.25. The molecule has 1 aromatic carbocycles. The van der Waals surface area contributed by atoms with Gasteiger partial charge in [0.05, 0.1) is 23.1 Å². The molecule has 0 saturated carbocycles. The molecule has 0 amide bonds. The van der Waals surface area contributed by atoms with Gasteiger partial charge in [-0.15, -0.1) is 0 Å². The fourth-order valence-electron chi connectivity index (χ4n) is 1.88. The van der Waals surface area contributed by atoms with Gasteiger partial charge in [0.25, 0.3) is 0 Å². The molecule has 0 bridgehead atoms. The van der Waals surface area contributed by atoms with Gasteiger partial charge in [0.2, 0.25) is 10.0 Å². The minimum absolute atomic E-state index is 0.137. The van der Waals surface area contributed by atoms with Crippen LogP contribution in [0, 0.1) is 25.2 Å². The van der Waals surface area contributed by atoms with Crippen LogP contribution in [-0.4, -0.2) is 13.6 Å². The van der Waals surface area contributed by atoms with Crippen LogP contribution in [0.3, 0.4) is 0 Å². The number of sulfonamides is 1. The highest BCUT2D eigenvalue weighted by molar-refractivity contribution is 7.88. The van der Waals surface area contributed by atoms with Gasteiger partial charge in [-0.1, -0.05) is 17.3 Å². The van der Waals surface area contributed by atoms with E-state index in [2.05, 4.69) is 9.88 Å². The Labute approximate surface area is 123 Å². The molecule has 0 aliphatic heterocycles. The molecule has 0 unspecified atom stereocenters. The fourth-order valence-corrected chi connectivity index (χ4v) is 2.98. The van der Waals surface area contributed by atoms with Crippen molar-refractivity contribution in [1.29, 1.82) is 5.26 Å². The first kappa shape index (κ1) is 15.2. The van der Waals surface area contributed by atoms with Crippen molar-refractivity contribution in [3.8, 4) is 6.07 Å². The topological polar surface area (TPSA) is 96.0 Å². The molecule has 0 saturated heterocycles. The molecule has 0 atom stereocenters. The molecular formula is C14H15N3O3S. The number of nitriles is 1. The van der Waals surface area contributed by atoms with E-state index in [1.165, 1.54) is 0 Å². The Morgan fingerprint density at radius 1 is 1.29 bits per heavy atom. The van der Waals surface area contributed by atoms with Crippen LogP contribution in [0.4, 0.5) is 0 Å². The highest BCUT2D eigenvalue weighted by atomic mass is 32.2. The van der Waals surface area contributed by atoms with Crippen LogP contribution in [0.1, 0.15) is 28.1 Å². The Morgan fingerprint density at radius 2 is 1.95 bits per heavy atom. The molecular weight excluding hydrogens is 290 g/mol. The van der Waals surface area contributed by atoms with E-state index in [-0.39, 0.29) is 12.3 Å². The number of hydrogen-bond donors (Lipinski definition) is 1. The average Bonchev–Trinajstić information content (AvgIpc) is 2.76. The van der Waals surface area contributed by atoms with E-state index in [9.17, 15) is 8.42 Å². The number of aromatic nitrogens is 1. The van der Waals surface area contributed by atoms with Crippen LogP contribution in [0.2, 0.25) is 0 Å². The fraction of sp³-hybridized carbons (Fsp3) is 0.286. The third-order valence-electron chi connectivity index (χ3n) is 3.09. The minimum atomic E-state index is -3.47. The molecule has 2 rings (SSSR count). The molecule has 0 aliphatic carbocycles. The molecule has 0 radical (unpaired) electrons. The third kappa shape index (κ3) is 3.90. The number of rotatable bonds is 5. The van der Waals surface area contributed by atoms with Crippen LogP contribution in [0.5, 0.6) is 0 Å². The second-order valence-electron chi connectivity index (χ2n) is 4.69. The quantitative estimate of drug-likeness (QED) is 0.908. The first-order valence-electron chi connectivity index (χ1n) is 6.29. The lowest BCUT2D eigenvalue weighted by molar-refractivity contribution is 0.392. The summed E-state index contributed by atoms with van der Waals surface area (Å²) in [5.74, 6) is 0.468. The molecule has 0 aliphatic rings. The summed E-state index contributed by atoms with van der Waals surface area (Å²) in [6.07, 6.45) is 0. The molecule has 21 heavy (non-hydrogen) atoms. The van der Waals surface area contributed by atoms with Crippen molar-refractivity contribution in [2.45, 2.75) is 26.1 Å². The molecule has 1 N–H and O–H groups in total. The zero-order valence-electron chi connectivity index (χ0n) is 11.8. The minimum Gasteiger partial charge on any atom is -0.361 e. The number of nitrogens with one attached hydrogen (secondary N) is 1. The van der Waals surface area contributed by atoms with Crippen LogP contribution in [0.25, 0.3) is 0 Å². The van der Waals surface area contributed by atoms with E-state index < -0.39 is 10.0 Å². The normalized spacial score (nSPS) is 11.3. The van der Waals surface area contributed by atoms with E-state index >= 15 is 0 Å². The van der Waals surface area contributed by atoms with Crippen molar-refractivity contribution in [2.75, 3.05) is 0 Å². The summed E-state index contributed by atoms with van der Waals surface area (Å²) in [7, 11) is -3.47. The van der Waals surface area contributed by atoms with E-state index in [1.807, 2.05) is 6.07 Å². The Hall–Kier alpha value is -2.17. The molecule has 1 heterocycles. The van der Waals surface area contributed by atoms with Crippen molar-refractivity contribution in [3.05, 3.63) is 52.4 Å². The summed E-state index contributed by atoms with van der Waals surface area (Å²) in [4.78, 5) is 0. The maximum absolute atomic E-state index is 12.0. The number of aryl methyl sites for hydroxylation is 2. The first-order chi connectivity index (χ1) is 9.91. The van der Waals surface area contributed by atoms with Crippen molar-refractivity contribution >= 4 is 10.0 Å². The van der Waals surface area contributed by atoms with Gasteiger partial charge in [-0.3, -0.25) is 0 Å². The van der Waals surface area contributed by atoms with E-state index in [0.717, 1.165) is 5.56 Å². The Bertz CT molecular complexity index is 751. The van der Waals surface area contributed by atoms with Crippen LogP contribution >= 0.6 is 0 Å². The third-order valence-corrected chi connectivity index (χ3v) is 4.39. The lowest BCUT2D eigenvalue weighted by atomic mass is 10.2. The van der Waals surface area contributed by atoms with Gasteiger partial charge >= 0.3 is 0 Å². The van der Waals surface area contributed by atoms with Gasteiger partial charge in [0.15, 0.2) is 0 Å². The molecule has 6 nitrogen and oxygen atoms in total. The highest BCUT2D eigenvalue weighted by Crippen LogP contribution is 2.13. The second kappa shape index (κ2) is 6.08. The summed E-state index contributed by atoms with van der Waals surface area (Å²) >= 11 is 0. The predicted molar refractivity (Wildman–Crippen MR) is 76.6 cm³/mol. The van der Waals surface area contributed by atoms with Crippen LogP contribution < -0.4 is 4.72 Å². The van der Waals surface area contributed by atoms with E-state index in [0.29, 0.717) is 22.6 Å². The van der Waals surface area contributed by atoms with Crippen LogP contribution in [-0.2, 0) is 22.3 Å². The molecule has 0 spiro atoms. The highest BCUT2D eigenvalue weighted by Gasteiger charge is 2.15. The molecule has 7 heteroatoms. The smallest absolute Gasteiger partial charge is 0.216 e. The maximum Gasteiger partial charge on any atom is 0.216 e. The standard InChI is InChI=1S/C14H15N3O3S/c1-10-14(11(2)20-17-10)8-16-21(18,19)9-13-5-3-12(7-15)4-6-13/h3-6,16H,8-9H2,1-2H3. The largest absolute Gasteiger partial charge is 0.361 e. The van der Waals surface area contributed by atoms with Crippen molar-refractivity contribution in [1.82, 2.24) is 9.88 Å². The molecule has 0 fully saturated rings. The zero-order valence-corrected chi connectivity index (χ0v) is 12.6. The Morgan fingerprint density at radius 3 is 2.48 bits per heavy atom. The molecule has 110 valence electrons. The second-order valence-corrected chi connectivity index (χ2v) is 6.50. The molecule has 1 aromatic heterocycles. The zero-order chi connectivity index (χ0) is 15.5. The first-order valence-corrected chi connectivity index (χ1v) is 7.94. The van der Waals surface area contributed by atoms with Crippen molar-refractivity contribution in [2.24, 2.45) is 0 Å². The van der Waals surface area contributed by atoms with Crippen molar-refractivity contribution < 1.29 is 12.9 Å². The number of benzene rings is 1. The summed E-state index contributed by atoms with van der Waals surface area (Å²) in [5.41, 5.74) is 2.55. The summed E-state index contributed by atoms with van der Waals surface area (Å²) in [6, 6.07) is 8.45. The SMILES string of the molecule is Cc1noc(C)c1CNS(=O)(=O)Cc1ccc(C#N)cc1. The maximum atomic E-state index is 12.0. The van der Waals surface area contributed by atoms with Gasteiger partial charge in [0, 0.05) is 12.1 Å².